The van der Waals surface area contributed by atoms with E-state index in [4.69, 9.17) is 5.26 Å². The fourth-order valence-electron chi connectivity index (χ4n) is 1.16. The monoisotopic (exact) mass is 223 g/mol. The largest absolute Gasteiger partial charge is 0.198 e. The minimum absolute atomic E-state index is 0.492. The van der Waals surface area contributed by atoms with Gasteiger partial charge in [0.25, 0.3) is 0 Å². The highest BCUT2D eigenvalue weighted by Gasteiger charge is 2.02. The van der Waals surface area contributed by atoms with E-state index in [0.717, 1.165) is 10.0 Å². The van der Waals surface area contributed by atoms with Gasteiger partial charge in [-0.3, -0.25) is 0 Å². The number of nitrogens with zero attached hydrogens (tertiary/aromatic N) is 1. The van der Waals surface area contributed by atoms with Crippen LogP contribution in [-0.2, 0) is 6.42 Å². The van der Waals surface area contributed by atoms with Crippen LogP contribution in [0, 0.1) is 25.2 Å². The van der Waals surface area contributed by atoms with E-state index in [-0.39, 0.29) is 0 Å². The number of hydrogen-bond acceptors (Lipinski definition) is 1. The molecule has 0 spiro atoms. The van der Waals surface area contributed by atoms with E-state index < -0.39 is 0 Å². The van der Waals surface area contributed by atoms with E-state index >= 15 is 0 Å². The molecule has 0 heterocycles. The van der Waals surface area contributed by atoms with Gasteiger partial charge in [0.05, 0.1) is 12.5 Å². The highest BCUT2D eigenvalue weighted by molar-refractivity contribution is 9.10. The molecule has 0 aliphatic heterocycles. The Labute approximate surface area is 81.2 Å². The topological polar surface area (TPSA) is 23.8 Å². The molecule has 1 aromatic rings. The van der Waals surface area contributed by atoms with Gasteiger partial charge in [-0.1, -0.05) is 22.0 Å². The lowest BCUT2D eigenvalue weighted by Gasteiger charge is -2.05. The van der Waals surface area contributed by atoms with Crippen molar-refractivity contribution in [3.63, 3.8) is 0 Å². The van der Waals surface area contributed by atoms with Crippen LogP contribution in [0.3, 0.4) is 0 Å². The van der Waals surface area contributed by atoms with Gasteiger partial charge in [-0.2, -0.15) is 5.26 Å². The minimum atomic E-state index is 0.492. The zero-order valence-corrected chi connectivity index (χ0v) is 8.77. The Balaban J connectivity index is 3.20. The summed E-state index contributed by atoms with van der Waals surface area (Å²) in [6.07, 6.45) is 0.492. The molecule has 0 fully saturated rings. The molecular weight excluding hydrogens is 214 g/mol. The molecule has 0 radical (unpaired) electrons. The number of rotatable bonds is 1. The summed E-state index contributed by atoms with van der Waals surface area (Å²) < 4.78 is 1.09. The van der Waals surface area contributed by atoms with Gasteiger partial charge >= 0.3 is 0 Å². The molecular formula is C10H10BrN. The second kappa shape index (κ2) is 3.73. The smallest absolute Gasteiger partial charge is 0.0669 e. The van der Waals surface area contributed by atoms with Crippen LogP contribution < -0.4 is 0 Å². The molecule has 62 valence electrons. The average molecular weight is 224 g/mol. The average Bonchev–Trinajstić information content (AvgIpc) is 2.00. The summed E-state index contributed by atoms with van der Waals surface area (Å²) in [4.78, 5) is 0. The molecule has 12 heavy (non-hydrogen) atoms. The number of aryl methyl sites for hydroxylation is 1. The summed E-state index contributed by atoms with van der Waals surface area (Å²) in [6.45, 7) is 4.06. The van der Waals surface area contributed by atoms with E-state index in [2.05, 4.69) is 34.1 Å². The van der Waals surface area contributed by atoms with Gasteiger partial charge in [0, 0.05) is 4.47 Å². The number of hydrogen-bond donors (Lipinski definition) is 0. The van der Waals surface area contributed by atoms with E-state index in [1.165, 1.54) is 11.1 Å². The molecule has 1 aromatic carbocycles. The number of halogens is 1. The van der Waals surface area contributed by atoms with E-state index in [1.807, 2.05) is 13.8 Å². The lowest BCUT2D eigenvalue weighted by Crippen LogP contribution is -1.90. The fourth-order valence-corrected chi connectivity index (χ4v) is 1.77. The molecule has 0 atom stereocenters. The third-order valence-electron chi connectivity index (χ3n) is 1.87. The molecule has 0 aliphatic rings. The summed E-state index contributed by atoms with van der Waals surface area (Å²) in [6, 6.07) is 6.28. The Morgan fingerprint density at radius 3 is 2.67 bits per heavy atom. The van der Waals surface area contributed by atoms with Gasteiger partial charge in [0.15, 0.2) is 0 Å². The van der Waals surface area contributed by atoms with Gasteiger partial charge < -0.3 is 0 Å². The van der Waals surface area contributed by atoms with Crippen LogP contribution in [0.5, 0.6) is 0 Å². The highest BCUT2D eigenvalue weighted by Crippen LogP contribution is 2.21. The van der Waals surface area contributed by atoms with Crippen molar-refractivity contribution in [2.45, 2.75) is 20.3 Å². The molecule has 0 saturated heterocycles. The predicted molar refractivity (Wildman–Crippen MR) is 52.9 cm³/mol. The molecule has 1 rings (SSSR count). The number of nitriles is 1. The number of benzene rings is 1. The van der Waals surface area contributed by atoms with Crippen LogP contribution in [0.4, 0.5) is 0 Å². The minimum Gasteiger partial charge on any atom is -0.198 e. The first-order valence-corrected chi connectivity index (χ1v) is 4.57. The molecule has 1 nitrogen and oxygen atoms in total. The molecule has 0 amide bonds. The normalized spacial score (nSPS) is 9.50. The van der Waals surface area contributed by atoms with Crippen LogP contribution in [0.2, 0.25) is 0 Å². The standard InChI is InChI=1S/C10H10BrN/c1-7-5-9(3-4-12)8(2)10(11)6-7/h5-6H,3H2,1-2H3. The quantitative estimate of drug-likeness (QED) is 0.718. The molecule has 0 bridgehead atoms. The van der Waals surface area contributed by atoms with E-state index in [0.29, 0.717) is 6.42 Å². The van der Waals surface area contributed by atoms with Crippen LogP contribution in [0.1, 0.15) is 16.7 Å². The highest BCUT2D eigenvalue weighted by atomic mass is 79.9. The molecule has 2 heteroatoms. The zero-order chi connectivity index (χ0) is 9.14. The van der Waals surface area contributed by atoms with E-state index in [1.54, 1.807) is 0 Å². The molecule has 0 aliphatic carbocycles. The van der Waals surface area contributed by atoms with Crippen molar-refractivity contribution >= 4 is 15.9 Å². The maximum Gasteiger partial charge on any atom is 0.0669 e. The zero-order valence-electron chi connectivity index (χ0n) is 7.19. The van der Waals surface area contributed by atoms with Gasteiger partial charge in [-0.05, 0) is 36.6 Å². The van der Waals surface area contributed by atoms with E-state index in [9.17, 15) is 0 Å². The van der Waals surface area contributed by atoms with Gasteiger partial charge in [-0.25, -0.2) is 0 Å². The Kier molecular flexibility index (Phi) is 2.88. The van der Waals surface area contributed by atoms with Crippen molar-refractivity contribution in [2.24, 2.45) is 0 Å². The Morgan fingerprint density at radius 1 is 1.42 bits per heavy atom. The maximum atomic E-state index is 8.56. The van der Waals surface area contributed by atoms with Crippen molar-refractivity contribution in [1.82, 2.24) is 0 Å². The van der Waals surface area contributed by atoms with Crippen LogP contribution >= 0.6 is 15.9 Å². The van der Waals surface area contributed by atoms with Crippen molar-refractivity contribution in [3.05, 3.63) is 33.3 Å². The summed E-state index contributed by atoms with van der Waals surface area (Å²) in [7, 11) is 0. The second-order valence-corrected chi connectivity index (χ2v) is 3.72. The van der Waals surface area contributed by atoms with Crippen LogP contribution in [0.25, 0.3) is 0 Å². The first-order valence-electron chi connectivity index (χ1n) is 3.77. The van der Waals surface area contributed by atoms with Gasteiger partial charge in [0.1, 0.15) is 0 Å². The Bertz CT molecular complexity index is 336. The predicted octanol–water partition coefficient (Wildman–Crippen LogP) is 3.13. The molecule has 0 saturated carbocycles. The Morgan fingerprint density at radius 2 is 2.08 bits per heavy atom. The van der Waals surface area contributed by atoms with Crippen molar-refractivity contribution in [3.8, 4) is 6.07 Å². The summed E-state index contributed by atoms with van der Waals surface area (Å²) >= 11 is 3.46. The first kappa shape index (κ1) is 9.28. The maximum absolute atomic E-state index is 8.56. The second-order valence-electron chi connectivity index (χ2n) is 2.87. The SMILES string of the molecule is Cc1cc(Br)c(C)c(CC#N)c1. The van der Waals surface area contributed by atoms with Crippen LogP contribution in [0.15, 0.2) is 16.6 Å². The van der Waals surface area contributed by atoms with Crippen molar-refractivity contribution < 1.29 is 0 Å². The summed E-state index contributed by atoms with van der Waals surface area (Å²) in [5, 5.41) is 8.56. The summed E-state index contributed by atoms with van der Waals surface area (Å²) in [5.74, 6) is 0. The fraction of sp³-hybridized carbons (Fsp3) is 0.300. The lowest BCUT2D eigenvalue weighted by atomic mass is 10.0. The molecule has 0 N–H and O–H groups in total. The summed E-state index contributed by atoms with van der Waals surface area (Å²) in [5.41, 5.74) is 3.48. The van der Waals surface area contributed by atoms with Crippen molar-refractivity contribution in [2.75, 3.05) is 0 Å². The molecule has 0 aromatic heterocycles. The van der Waals surface area contributed by atoms with Crippen LogP contribution in [-0.4, -0.2) is 0 Å². The van der Waals surface area contributed by atoms with Gasteiger partial charge in [-0.15, -0.1) is 0 Å². The molecule has 0 unspecified atom stereocenters. The third kappa shape index (κ3) is 1.86. The third-order valence-corrected chi connectivity index (χ3v) is 2.69. The van der Waals surface area contributed by atoms with Gasteiger partial charge in [0.2, 0.25) is 0 Å². The van der Waals surface area contributed by atoms with Crippen molar-refractivity contribution in [1.29, 1.82) is 5.26 Å². The first-order chi connectivity index (χ1) is 5.65. The lowest BCUT2D eigenvalue weighted by molar-refractivity contribution is 1.18. The Hall–Kier alpha value is -0.810.